The first-order valence-electron chi connectivity index (χ1n) is 4.43. The van der Waals surface area contributed by atoms with Crippen LogP contribution in [0.3, 0.4) is 0 Å². The van der Waals surface area contributed by atoms with E-state index >= 15 is 0 Å². The molecule has 2 nitrogen and oxygen atoms in total. The molecule has 0 saturated heterocycles. The van der Waals surface area contributed by atoms with E-state index in [-0.39, 0.29) is 0 Å². The Morgan fingerprint density at radius 1 is 1.36 bits per heavy atom. The van der Waals surface area contributed by atoms with E-state index in [2.05, 4.69) is 32.8 Å². The topological polar surface area (TPSA) is 12.5 Å². The van der Waals surface area contributed by atoms with Crippen LogP contribution in [0.25, 0.3) is 0 Å². The lowest BCUT2D eigenvalue weighted by Crippen LogP contribution is -2.19. The molecule has 11 heavy (non-hydrogen) atoms. The molecule has 0 radical (unpaired) electrons. The molecule has 0 aliphatic heterocycles. The normalized spacial score (nSPS) is 13.9. The Morgan fingerprint density at radius 2 is 2.00 bits per heavy atom. The molecule has 2 heteroatoms. The van der Waals surface area contributed by atoms with Gasteiger partial charge in [0.05, 0.1) is 6.10 Å². The molecule has 0 aromatic rings. The summed E-state index contributed by atoms with van der Waals surface area (Å²) in [4.78, 5) is 2.19. The van der Waals surface area contributed by atoms with Crippen LogP contribution in [-0.4, -0.2) is 38.3 Å². The summed E-state index contributed by atoms with van der Waals surface area (Å²) < 4.78 is 5.51. The summed E-state index contributed by atoms with van der Waals surface area (Å²) in [7, 11) is 4.18. The fourth-order valence-corrected chi connectivity index (χ4v) is 0.842. The van der Waals surface area contributed by atoms with Crippen molar-refractivity contribution in [1.82, 2.24) is 4.90 Å². The highest BCUT2D eigenvalue weighted by atomic mass is 16.5. The van der Waals surface area contributed by atoms with Gasteiger partial charge in [0.1, 0.15) is 0 Å². The van der Waals surface area contributed by atoms with Gasteiger partial charge < -0.3 is 9.64 Å². The third-order valence-corrected chi connectivity index (χ3v) is 1.59. The van der Waals surface area contributed by atoms with Crippen LogP contribution in [0.2, 0.25) is 0 Å². The van der Waals surface area contributed by atoms with Crippen molar-refractivity contribution in [3.05, 3.63) is 0 Å². The number of ether oxygens (including phenoxy) is 1. The second kappa shape index (κ2) is 6.62. The van der Waals surface area contributed by atoms with Crippen LogP contribution < -0.4 is 0 Å². The molecule has 0 fully saturated rings. The van der Waals surface area contributed by atoms with Gasteiger partial charge in [-0.2, -0.15) is 0 Å². The standard InChI is InChI=1S/C9H21NO/c1-5-8-11-9(2)6-7-10(3)4/h9H,5-8H2,1-4H3. The second-order valence-electron chi connectivity index (χ2n) is 3.27. The van der Waals surface area contributed by atoms with Gasteiger partial charge in [0.2, 0.25) is 0 Å². The minimum atomic E-state index is 0.414. The quantitative estimate of drug-likeness (QED) is 0.585. The Hall–Kier alpha value is -0.0800. The average Bonchev–Trinajstić information content (AvgIpc) is 1.97. The Kier molecular flexibility index (Phi) is 6.57. The monoisotopic (exact) mass is 159 g/mol. The molecule has 0 heterocycles. The largest absolute Gasteiger partial charge is 0.378 e. The predicted molar refractivity (Wildman–Crippen MR) is 48.9 cm³/mol. The van der Waals surface area contributed by atoms with Crippen molar-refractivity contribution in [2.45, 2.75) is 32.8 Å². The van der Waals surface area contributed by atoms with Gasteiger partial charge in [-0.1, -0.05) is 6.92 Å². The number of nitrogens with zero attached hydrogens (tertiary/aromatic N) is 1. The van der Waals surface area contributed by atoms with E-state index in [4.69, 9.17) is 4.74 Å². The van der Waals surface area contributed by atoms with Gasteiger partial charge >= 0.3 is 0 Å². The third-order valence-electron chi connectivity index (χ3n) is 1.59. The predicted octanol–water partition coefficient (Wildman–Crippen LogP) is 1.75. The van der Waals surface area contributed by atoms with Crippen molar-refractivity contribution >= 4 is 0 Å². The zero-order valence-corrected chi connectivity index (χ0v) is 8.26. The summed E-state index contributed by atoms with van der Waals surface area (Å²) in [6.07, 6.45) is 2.66. The molecule has 0 N–H and O–H groups in total. The maximum Gasteiger partial charge on any atom is 0.0559 e. The molecule has 0 rings (SSSR count). The summed E-state index contributed by atoms with van der Waals surface area (Å²) in [5, 5.41) is 0. The van der Waals surface area contributed by atoms with Gasteiger partial charge in [-0.05, 0) is 40.4 Å². The molecule has 68 valence electrons. The Morgan fingerprint density at radius 3 is 2.45 bits per heavy atom. The molecule has 0 aliphatic rings. The maximum absolute atomic E-state index is 5.51. The highest BCUT2D eigenvalue weighted by Crippen LogP contribution is 1.98. The fraction of sp³-hybridized carbons (Fsp3) is 1.00. The molecule has 0 aromatic carbocycles. The van der Waals surface area contributed by atoms with Crippen LogP contribution in [0.5, 0.6) is 0 Å². The zero-order valence-electron chi connectivity index (χ0n) is 8.26. The van der Waals surface area contributed by atoms with E-state index in [0.717, 1.165) is 26.0 Å². The minimum Gasteiger partial charge on any atom is -0.378 e. The SMILES string of the molecule is CCCOC(C)CCN(C)C. The minimum absolute atomic E-state index is 0.414. The first-order chi connectivity index (χ1) is 5.16. The molecular formula is C9H21NO. The van der Waals surface area contributed by atoms with E-state index in [0.29, 0.717) is 6.10 Å². The van der Waals surface area contributed by atoms with Crippen LogP contribution in [-0.2, 0) is 4.74 Å². The summed E-state index contributed by atoms with van der Waals surface area (Å²) in [5.74, 6) is 0. The van der Waals surface area contributed by atoms with Crippen LogP contribution in [0.15, 0.2) is 0 Å². The van der Waals surface area contributed by atoms with Crippen molar-refractivity contribution in [2.24, 2.45) is 0 Å². The smallest absolute Gasteiger partial charge is 0.0559 e. The summed E-state index contributed by atoms with van der Waals surface area (Å²) >= 11 is 0. The lowest BCUT2D eigenvalue weighted by molar-refractivity contribution is 0.0560. The van der Waals surface area contributed by atoms with E-state index in [1.165, 1.54) is 0 Å². The van der Waals surface area contributed by atoms with Crippen molar-refractivity contribution in [3.8, 4) is 0 Å². The van der Waals surface area contributed by atoms with E-state index < -0.39 is 0 Å². The van der Waals surface area contributed by atoms with Gasteiger partial charge in [0.25, 0.3) is 0 Å². The van der Waals surface area contributed by atoms with Crippen molar-refractivity contribution in [1.29, 1.82) is 0 Å². The average molecular weight is 159 g/mol. The Balaban J connectivity index is 3.15. The Bertz CT molecular complexity index is 83.6. The van der Waals surface area contributed by atoms with Crippen molar-refractivity contribution in [2.75, 3.05) is 27.2 Å². The molecule has 0 bridgehead atoms. The van der Waals surface area contributed by atoms with E-state index in [9.17, 15) is 0 Å². The maximum atomic E-state index is 5.51. The van der Waals surface area contributed by atoms with Crippen LogP contribution >= 0.6 is 0 Å². The van der Waals surface area contributed by atoms with E-state index in [1.807, 2.05) is 0 Å². The fourth-order valence-electron chi connectivity index (χ4n) is 0.842. The highest BCUT2D eigenvalue weighted by molar-refractivity contribution is 4.52. The van der Waals surface area contributed by atoms with Gasteiger partial charge in [0, 0.05) is 6.61 Å². The molecule has 1 unspecified atom stereocenters. The Labute approximate surface area is 70.5 Å². The van der Waals surface area contributed by atoms with E-state index in [1.54, 1.807) is 0 Å². The molecular weight excluding hydrogens is 138 g/mol. The molecule has 0 spiro atoms. The molecule has 1 atom stereocenters. The highest BCUT2D eigenvalue weighted by Gasteiger charge is 2.00. The first kappa shape index (κ1) is 10.9. The lowest BCUT2D eigenvalue weighted by atomic mass is 10.3. The molecule has 0 aliphatic carbocycles. The lowest BCUT2D eigenvalue weighted by Gasteiger charge is -2.15. The van der Waals surface area contributed by atoms with Gasteiger partial charge in [0.15, 0.2) is 0 Å². The van der Waals surface area contributed by atoms with Crippen molar-refractivity contribution < 1.29 is 4.74 Å². The van der Waals surface area contributed by atoms with Crippen LogP contribution in [0.1, 0.15) is 26.7 Å². The summed E-state index contributed by atoms with van der Waals surface area (Å²) in [6, 6.07) is 0. The molecule has 0 amide bonds. The summed E-state index contributed by atoms with van der Waals surface area (Å²) in [6.45, 7) is 6.29. The summed E-state index contributed by atoms with van der Waals surface area (Å²) in [5.41, 5.74) is 0. The number of hydrogen-bond donors (Lipinski definition) is 0. The zero-order chi connectivity index (χ0) is 8.69. The van der Waals surface area contributed by atoms with Crippen LogP contribution in [0, 0.1) is 0 Å². The number of rotatable bonds is 6. The number of hydrogen-bond acceptors (Lipinski definition) is 2. The van der Waals surface area contributed by atoms with Gasteiger partial charge in [-0.15, -0.1) is 0 Å². The first-order valence-corrected chi connectivity index (χ1v) is 4.43. The van der Waals surface area contributed by atoms with Crippen LogP contribution in [0.4, 0.5) is 0 Å². The van der Waals surface area contributed by atoms with Crippen molar-refractivity contribution in [3.63, 3.8) is 0 Å². The second-order valence-corrected chi connectivity index (χ2v) is 3.27. The molecule has 0 aromatic heterocycles. The van der Waals surface area contributed by atoms with Gasteiger partial charge in [-0.3, -0.25) is 0 Å². The van der Waals surface area contributed by atoms with Gasteiger partial charge in [-0.25, -0.2) is 0 Å². The molecule has 0 saturated carbocycles. The third kappa shape index (κ3) is 7.82.